The predicted molar refractivity (Wildman–Crippen MR) is 77.6 cm³/mol. The third-order valence-corrected chi connectivity index (χ3v) is 4.02. The highest BCUT2D eigenvalue weighted by Crippen LogP contribution is 2.26. The Morgan fingerprint density at radius 3 is 3.00 bits per heavy atom. The molecule has 6 nitrogen and oxygen atoms in total. The summed E-state index contributed by atoms with van der Waals surface area (Å²) in [5, 5.41) is 11.0. The quantitative estimate of drug-likeness (QED) is 0.831. The van der Waals surface area contributed by atoms with Gasteiger partial charge in [0.05, 0.1) is 12.2 Å². The monoisotopic (exact) mass is 277 g/mol. The number of carbonyl (C=O) groups is 1. The van der Waals surface area contributed by atoms with Crippen molar-refractivity contribution in [3.8, 4) is 0 Å². The average molecular weight is 277 g/mol. The van der Waals surface area contributed by atoms with Gasteiger partial charge in [-0.3, -0.25) is 9.48 Å². The largest absolute Gasteiger partial charge is 0.354 e. The molecule has 2 fully saturated rings. The second-order valence-corrected chi connectivity index (χ2v) is 5.79. The summed E-state index contributed by atoms with van der Waals surface area (Å²) in [7, 11) is 1.96. The molecule has 1 amide bonds. The van der Waals surface area contributed by atoms with Crippen LogP contribution >= 0.6 is 0 Å². The molecule has 0 atom stereocenters. The Hall–Kier alpha value is -1.56. The van der Waals surface area contributed by atoms with Gasteiger partial charge in [-0.15, -0.1) is 0 Å². The fraction of sp³-hybridized carbons (Fsp3) is 0.714. The van der Waals surface area contributed by atoms with Gasteiger partial charge in [-0.1, -0.05) is 0 Å². The first-order valence-corrected chi connectivity index (χ1v) is 7.42. The Morgan fingerprint density at radius 2 is 2.25 bits per heavy atom. The van der Waals surface area contributed by atoms with Crippen molar-refractivity contribution < 1.29 is 4.79 Å². The van der Waals surface area contributed by atoms with E-state index in [1.54, 1.807) is 0 Å². The fourth-order valence-corrected chi connectivity index (χ4v) is 2.81. The van der Waals surface area contributed by atoms with E-state index in [2.05, 4.69) is 20.6 Å². The lowest BCUT2D eigenvalue weighted by Crippen LogP contribution is -2.35. The van der Waals surface area contributed by atoms with Gasteiger partial charge in [0.2, 0.25) is 5.91 Å². The number of amides is 1. The minimum atomic E-state index is 0.0995. The SMILES string of the molecule is Cc1nn(C)c(N2CCCNC(=O)C2)c1CNC1CC1. The summed E-state index contributed by atoms with van der Waals surface area (Å²) in [5.74, 6) is 1.19. The number of rotatable bonds is 4. The fourth-order valence-electron chi connectivity index (χ4n) is 2.81. The Balaban J connectivity index is 1.83. The van der Waals surface area contributed by atoms with Gasteiger partial charge in [-0.2, -0.15) is 5.10 Å². The molecule has 0 spiro atoms. The summed E-state index contributed by atoms with van der Waals surface area (Å²) in [6.07, 6.45) is 3.53. The molecule has 6 heteroatoms. The summed E-state index contributed by atoms with van der Waals surface area (Å²) < 4.78 is 1.91. The standard InChI is InChI=1S/C14H23N5O/c1-10-12(8-16-11-4-5-11)14(18(2)17-10)19-7-3-6-15-13(20)9-19/h11,16H,3-9H2,1-2H3,(H,15,20). The van der Waals surface area contributed by atoms with E-state index in [0.717, 1.165) is 37.6 Å². The van der Waals surface area contributed by atoms with Crippen LogP contribution in [-0.2, 0) is 18.4 Å². The van der Waals surface area contributed by atoms with Gasteiger partial charge in [-0.25, -0.2) is 0 Å². The number of aryl methyl sites for hydroxylation is 2. The maximum absolute atomic E-state index is 11.8. The topological polar surface area (TPSA) is 62.2 Å². The molecule has 0 radical (unpaired) electrons. The molecule has 1 saturated carbocycles. The van der Waals surface area contributed by atoms with Crippen LogP contribution in [0, 0.1) is 6.92 Å². The molecule has 20 heavy (non-hydrogen) atoms. The van der Waals surface area contributed by atoms with Crippen LogP contribution in [0.3, 0.4) is 0 Å². The van der Waals surface area contributed by atoms with Crippen LogP contribution in [0.25, 0.3) is 0 Å². The molecule has 0 bridgehead atoms. The van der Waals surface area contributed by atoms with Crippen LogP contribution in [0.15, 0.2) is 0 Å². The zero-order valence-corrected chi connectivity index (χ0v) is 12.3. The van der Waals surface area contributed by atoms with E-state index in [0.29, 0.717) is 12.6 Å². The number of nitrogens with one attached hydrogen (secondary N) is 2. The van der Waals surface area contributed by atoms with E-state index >= 15 is 0 Å². The maximum Gasteiger partial charge on any atom is 0.239 e. The molecule has 1 aromatic heterocycles. The lowest BCUT2D eigenvalue weighted by Gasteiger charge is -2.23. The first kappa shape index (κ1) is 13.4. The number of nitrogens with zero attached hydrogens (tertiary/aromatic N) is 3. The van der Waals surface area contributed by atoms with Crippen LogP contribution in [0.5, 0.6) is 0 Å². The Kier molecular flexibility index (Phi) is 3.65. The summed E-state index contributed by atoms with van der Waals surface area (Å²) in [6, 6.07) is 0.676. The van der Waals surface area contributed by atoms with Crippen molar-refractivity contribution in [2.24, 2.45) is 7.05 Å². The van der Waals surface area contributed by atoms with Crippen molar-refractivity contribution >= 4 is 11.7 Å². The number of carbonyl (C=O) groups excluding carboxylic acids is 1. The molecule has 2 N–H and O–H groups in total. The highest BCUT2D eigenvalue weighted by Gasteiger charge is 2.25. The molecule has 1 aromatic rings. The molecule has 3 rings (SSSR count). The van der Waals surface area contributed by atoms with Crippen molar-refractivity contribution in [3.05, 3.63) is 11.3 Å². The summed E-state index contributed by atoms with van der Waals surface area (Å²) in [4.78, 5) is 13.9. The van der Waals surface area contributed by atoms with Gasteiger partial charge in [0.1, 0.15) is 5.82 Å². The van der Waals surface area contributed by atoms with Gasteiger partial charge in [0, 0.05) is 38.3 Å². The van der Waals surface area contributed by atoms with Crippen LogP contribution in [0.2, 0.25) is 0 Å². The Bertz CT molecular complexity index is 506. The summed E-state index contributed by atoms with van der Waals surface area (Å²) in [6.45, 7) is 4.98. The third kappa shape index (κ3) is 2.80. The highest BCUT2D eigenvalue weighted by molar-refractivity contribution is 5.81. The lowest BCUT2D eigenvalue weighted by atomic mass is 10.2. The third-order valence-electron chi connectivity index (χ3n) is 4.02. The van der Waals surface area contributed by atoms with Crippen molar-refractivity contribution in [1.29, 1.82) is 0 Å². The number of hydrogen-bond donors (Lipinski definition) is 2. The van der Waals surface area contributed by atoms with Crippen LogP contribution in [-0.4, -0.2) is 41.4 Å². The number of hydrogen-bond acceptors (Lipinski definition) is 4. The zero-order valence-electron chi connectivity index (χ0n) is 12.3. The van der Waals surface area contributed by atoms with E-state index in [9.17, 15) is 4.79 Å². The normalized spacial score (nSPS) is 19.9. The molecule has 1 saturated heterocycles. The molecule has 0 aromatic carbocycles. The number of anilines is 1. The van der Waals surface area contributed by atoms with E-state index in [4.69, 9.17) is 0 Å². The van der Waals surface area contributed by atoms with Gasteiger partial charge in [0.25, 0.3) is 0 Å². The minimum absolute atomic E-state index is 0.0995. The molecule has 0 unspecified atom stereocenters. The first-order valence-electron chi connectivity index (χ1n) is 7.42. The minimum Gasteiger partial charge on any atom is -0.354 e. The van der Waals surface area contributed by atoms with Gasteiger partial charge in [-0.05, 0) is 26.2 Å². The lowest BCUT2D eigenvalue weighted by molar-refractivity contribution is -0.119. The molecule has 2 aliphatic rings. The van der Waals surface area contributed by atoms with Crippen LogP contribution in [0.1, 0.15) is 30.5 Å². The Labute approximate surface area is 119 Å². The Morgan fingerprint density at radius 1 is 1.45 bits per heavy atom. The smallest absolute Gasteiger partial charge is 0.239 e. The van der Waals surface area contributed by atoms with Crippen LogP contribution in [0.4, 0.5) is 5.82 Å². The number of aromatic nitrogens is 2. The highest BCUT2D eigenvalue weighted by atomic mass is 16.2. The second-order valence-electron chi connectivity index (χ2n) is 5.79. The summed E-state index contributed by atoms with van der Waals surface area (Å²) in [5.41, 5.74) is 2.29. The molecule has 2 heterocycles. The van der Waals surface area contributed by atoms with E-state index in [1.165, 1.54) is 18.4 Å². The maximum atomic E-state index is 11.8. The van der Waals surface area contributed by atoms with Crippen molar-refractivity contribution in [2.75, 3.05) is 24.5 Å². The van der Waals surface area contributed by atoms with Gasteiger partial charge >= 0.3 is 0 Å². The van der Waals surface area contributed by atoms with Crippen molar-refractivity contribution in [3.63, 3.8) is 0 Å². The van der Waals surface area contributed by atoms with Gasteiger partial charge in [0.15, 0.2) is 0 Å². The first-order chi connectivity index (χ1) is 9.65. The predicted octanol–water partition coefficient (Wildman–Crippen LogP) is 0.307. The molecular formula is C14H23N5O. The zero-order chi connectivity index (χ0) is 14.1. The van der Waals surface area contributed by atoms with E-state index in [1.807, 2.05) is 18.7 Å². The van der Waals surface area contributed by atoms with E-state index < -0.39 is 0 Å². The van der Waals surface area contributed by atoms with Crippen molar-refractivity contribution in [2.45, 2.75) is 38.8 Å². The molecule has 1 aliphatic carbocycles. The second kappa shape index (κ2) is 5.44. The van der Waals surface area contributed by atoms with Crippen LogP contribution < -0.4 is 15.5 Å². The molecule has 110 valence electrons. The summed E-state index contributed by atoms with van der Waals surface area (Å²) >= 11 is 0. The molecule has 1 aliphatic heterocycles. The molecular weight excluding hydrogens is 254 g/mol. The van der Waals surface area contributed by atoms with E-state index in [-0.39, 0.29) is 5.91 Å². The van der Waals surface area contributed by atoms with Gasteiger partial charge < -0.3 is 15.5 Å². The van der Waals surface area contributed by atoms with Crippen molar-refractivity contribution in [1.82, 2.24) is 20.4 Å². The average Bonchev–Trinajstić information content (AvgIpc) is 3.18.